The second-order valence-corrected chi connectivity index (χ2v) is 4.74. The Kier molecular flexibility index (Phi) is 3.27. The topological polar surface area (TPSA) is 60.4 Å². The Labute approximate surface area is 89.0 Å². The molecule has 0 amide bonds. The highest BCUT2D eigenvalue weighted by Gasteiger charge is 2.40. The van der Waals surface area contributed by atoms with Crippen LogP contribution in [0.3, 0.4) is 0 Å². The van der Waals surface area contributed by atoms with Crippen molar-refractivity contribution in [3.8, 4) is 0 Å². The van der Waals surface area contributed by atoms with E-state index in [1.165, 1.54) is 0 Å². The molecule has 4 heteroatoms. The largest absolute Gasteiger partial charge is 0.463 e. The number of esters is 1. The number of carbonyl (C=O) groups is 3. The van der Waals surface area contributed by atoms with Crippen LogP contribution in [0.15, 0.2) is 0 Å². The van der Waals surface area contributed by atoms with Gasteiger partial charge in [-0.05, 0) is 18.3 Å². The zero-order valence-corrected chi connectivity index (χ0v) is 9.33. The first-order valence-corrected chi connectivity index (χ1v) is 5.02. The van der Waals surface area contributed by atoms with Crippen molar-refractivity contribution in [1.82, 2.24) is 0 Å². The van der Waals surface area contributed by atoms with Gasteiger partial charge in [0.2, 0.25) is 5.78 Å². The summed E-state index contributed by atoms with van der Waals surface area (Å²) < 4.78 is 4.34. The van der Waals surface area contributed by atoms with Gasteiger partial charge in [-0.15, -0.1) is 0 Å². The first-order valence-electron chi connectivity index (χ1n) is 5.02. The Morgan fingerprint density at radius 1 is 1.40 bits per heavy atom. The van der Waals surface area contributed by atoms with E-state index >= 15 is 0 Å². The molecule has 0 N–H and O–H groups in total. The van der Waals surface area contributed by atoms with E-state index in [0.29, 0.717) is 12.8 Å². The van der Waals surface area contributed by atoms with E-state index in [-0.39, 0.29) is 11.2 Å². The maximum Gasteiger partial charge on any atom is 0.375 e. The standard InChI is InChI=1S/C11H16O4/c1-11(2)5-4-8(12)7(6-11)9(13)10(14)15-3/h7H,4-6H2,1-3H3. The molecule has 4 nitrogen and oxygen atoms in total. The lowest BCUT2D eigenvalue weighted by Gasteiger charge is -2.32. The molecule has 1 unspecified atom stereocenters. The van der Waals surface area contributed by atoms with E-state index in [4.69, 9.17) is 0 Å². The van der Waals surface area contributed by atoms with Crippen LogP contribution in [-0.4, -0.2) is 24.6 Å². The Morgan fingerprint density at radius 2 is 2.00 bits per heavy atom. The summed E-state index contributed by atoms with van der Waals surface area (Å²) in [6, 6.07) is 0. The number of ether oxygens (including phenoxy) is 1. The third kappa shape index (κ3) is 2.64. The lowest BCUT2D eigenvalue weighted by molar-refractivity contribution is -0.156. The van der Waals surface area contributed by atoms with Crippen LogP contribution in [0.25, 0.3) is 0 Å². The van der Waals surface area contributed by atoms with Crippen LogP contribution in [0.4, 0.5) is 0 Å². The average Bonchev–Trinajstić information content (AvgIpc) is 2.19. The van der Waals surface area contributed by atoms with Gasteiger partial charge in [0.1, 0.15) is 5.78 Å². The van der Waals surface area contributed by atoms with Gasteiger partial charge in [0, 0.05) is 6.42 Å². The Hall–Kier alpha value is -1.19. The van der Waals surface area contributed by atoms with Crippen molar-refractivity contribution in [2.45, 2.75) is 33.1 Å². The second-order valence-electron chi connectivity index (χ2n) is 4.74. The van der Waals surface area contributed by atoms with Crippen LogP contribution in [-0.2, 0) is 19.1 Å². The fourth-order valence-corrected chi connectivity index (χ4v) is 1.89. The Balaban J connectivity index is 2.79. The fraction of sp³-hybridized carbons (Fsp3) is 0.727. The van der Waals surface area contributed by atoms with Crippen molar-refractivity contribution < 1.29 is 19.1 Å². The molecule has 0 radical (unpaired) electrons. The molecule has 1 fully saturated rings. The van der Waals surface area contributed by atoms with Crippen molar-refractivity contribution in [2.75, 3.05) is 7.11 Å². The quantitative estimate of drug-likeness (QED) is 0.391. The van der Waals surface area contributed by atoms with Crippen LogP contribution >= 0.6 is 0 Å². The van der Waals surface area contributed by atoms with E-state index in [0.717, 1.165) is 13.5 Å². The number of hydrogen-bond donors (Lipinski definition) is 0. The molecule has 1 rings (SSSR count). The van der Waals surface area contributed by atoms with E-state index in [1.807, 2.05) is 13.8 Å². The van der Waals surface area contributed by atoms with Gasteiger partial charge in [-0.2, -0.15) is 0 Å². The van der Waals surface area contributed by atoms with Crippen molar-refractivity contribution >= 4 is 17.5 Å². The molecule has 1 aliphatic carbocycles. The number of carbonyl (C=O) groups excluding carboxylic acids is 3. The second kappa shape index (κ2) is 4.13. The van der Waals surface area contributed by atoms with E-state index in [9.17, 15) is 14.4 Å². The molecule has 0 aromatic carbocycles. The summed E-state index contributed by atoms with van der Waals surface area (Å²) in [5.74, 6) is -2.53. The highest BCUT2D eigenvalue weighted by molar-refractivity contribution is 6.38. The summed E-state index contributed by atoms with van der Waals surface area (Å²) in [6.45, 7) is 3.99. The van der Waals surface area contributed by atoms with Crippen LogP contribution in [0.2, 0.25) is 0 Å². The van der Waals surface area contributed by atoms with Crippen molar-refractivity contribution in [3.63, 3.8) is 0 Å². The molecule has 0 heterocycles. The van der Waals surface area contributed by atoms with Crippen molar-refractivity contribution in [2.24, 2.45) is 11.3 Å². The monoisotopic (exact) mass is 212 g/mol. The minimum absolute atomic E-state index is 0.0533. The summed E-state index contributed by atoms with van der Waals surface area (Å²) in [6.07, 6.45) is 1.59. The Morgan fingerprint density at radius 3 is 2.53 bits per heavy atom. The molecule has 0 aliphatic heterocycles. The third-order valence-electron chi connectivity index (χ3n) is 2.90. The molecule has 0 aromatic rings. The Bertz CT molecular complexity index is 304. The number of Topliss-reactive ketones (excluding diaryl/α,β-unsaturated/α-hetero) is 2. The molecular weight excluding hydrogens is 196 g/mol. The number of ketones is 2. The van der Waals surface area contributed by atoms with Crippen molar-refractivity contribution in [3.05, 3.63) is 0 Å². The number of hydrogen-bond acceptors (Lipinski definition) is 4. The highest BCUT2D eigenvalue weighted by Crippen LogP contribution is 2.37. The smallest absolute Gasteiger partial charge is 0.375 e. The molecule has 0 bridgehead atoms. The van der Waals surface area contributed by atoms with Gasteiger partial charge in [0.25, 0.3) is 0 Å². The molecule has 0 saturated heterocycles. The molecule has 1 aliphatic rings. The van der Waals surface area contributed by atoms with Gasteiger partial charge in [0.15, 0.2) is 0 Å². The SMILES string of the molecule is COC(=O)C(=O)C1CC(C)(C)CCC1=O. The lowest BCUT2D eigenvalue weighted by atomic mass is 9.70. The molecule has 84 valence electrons. The fourth-order valence-electron chi connectivity index (χ4n) is 1.89. The molecule has 15 heavy (non-hydrogen) atoms. The van der Waals surface area contributed by atoms with Crippen LogP contribution in [0.1, 0.15) is 33.1 Å². The van der Waals surface area contributed by atoms with Crippen LogP contribution in [0.5, 0.6) is 0 Å². The summed E-state index contributed by atoms with van der Waals surface area (Å²) >= 11 is 0. The molecular formula is C11H16O4. The lowest BCUT2D eigenvalue weighted by Crippen LogP contribution is -2.38. The highest BCUT2D eigenvalue weighted by atomic mass is 16.5. The van der Waals surface area contributed by atoms with Crippen LogP contribution < -0.4 is 0 Å². The first kappa shape index (κ1) is 11.9. The molecule has 1 saturated carbocycles. The van der Waals surface area contributed by atoms with E-state index in [1.54, 1.807) is 0 Å². The van der Waals surface area contributed by atoms with E-state index < -0.39 is 17.7 Å². The zero-order chi connectivity index (χ0) is 11.6. The predicted octanol–water partition coefficient (Wildman–Crippen LogP) is 1.12. The van der Waals surface area contributed by atoms with Gasteiger partial charge in [-0.1, -0.05) is 13.8 Å². The predicted molar refractivity (Wildman–Crippen MR) is 53.2 cm³/mol. The van der Waals surface area contributed by atoms with Gasteiger partial charge in [0.05, 0.1) is 13.0 Å². The maximum atomic E-state index is 11.5. The number of rotatable bonds is 2. The third-order valence-corrected chi connectivity index (χ3v) is 2.90. The summed E-state index contributed by atoms with van der Waals surface area (Å²) in [7, 11) is 1.15. The number of methoxy groups -OCH3 is 1. The van der Waals surface area contributed by atoms with Gasteiger partial charge < -0.3 is 4.74 Å². The molecule has 1 atom stereocenters. The van der Waals surface area contributed by atoms with Gasteiger partial charge >= 0.3 is 5.97 Å². The zero-order valence-electron chi connectivity index (χ0n) is 9.33. The van der Waals surface area contributed by atoms with Gasteiger partial charge in [-0.25, -0.2) is 4.79 Å². The van der Waals surface area contributed by atoms with Crippen molar-refractivity contribution in [1.29, 1.82) is 0 Å². The molecule has 0 spiro atoms. The van der Waals surface area contributed by atoms with Crippen LogP contribution in [0, 0.1) is 11.3 Å². The summed E-state index contributed by atoms with van der Waals surface area (Å²) in [5.41, 5.74) is -0.0533. The minimum atomic E-state index is -0.911. The van der Waals surface area contributed by atoms with E-state index in [2.05, 4.69) is 4.74 Å². The minimum Gasteiger partial charge on any atom is -0.463 e. The molecule has 0 aromatic heterocycles. The first-order chi connectivity index (χ1) is 6.87. The average molecular weight is 212 g/mol. The maximum absolute atomic E-state index is 11.5. The van der Waals surface area contributed by atoms with Gasteiger partial charge in [-0.3, -0.25) is 9.59 Å². The summed E-state index contributed by atoms with van der Waals surface area (Å²) in [5, 5.41) is 0. The summed E-state index contributed by atoms with van der Waals surface area (Å²) in [4.78, 5) is 34.1. The normalized spacial score (nSPS) is 24.7.